The zero-order valence-corrected chi connectivity index (χ0v) is 7.65. The summed E-state index contributed by atoms with van der Waals surface area (Å²) in [6, 6.07) is 3.77. The largest absolute Gasteiger partial charge is 0.431 e. The summed E-state index contributed by atoms with van der Waals surface area (Å²) in [4.78, 5) is 8.37. The monoisotopic (exact) mass is 224 g/mol. The van der Waals surface area contributed by atoms with Crippen molar-refractivity contribution in [3.05, 3.63) is 35.5 Å². The van der Waals surface area contributed by atoms with Crippen LogP contribution >= 0.6 is 15.9 Å². The van der Waals surface area contributed by atoms with Crippen molar-refractivity contribution < 1.29 is 4.42 Å². The minimum Gasteiger partial charge on any atom is -0.431 e. The Morgan fingerprint density at radius 3 is 2.83 bits per heavy atom. The van der Waals surface area contributed by atoms with Crippen molar-refractivity contribution in [2.45, 2.75) is 0 Å². The van der Waals surface area contributed by atoms with Crippen LogP contribution in [-0.2, 0) is 0 Å². The second-order valence-corrected chi connectivity index (χ2v) is 2.90. The molecule has 0 amide bonds. The summed E-state index contributed by atoms with van der Waals surface area (Å²) in [5.41, 5.74) is 0.927. The number of nitrogens with zero attached hydrogens (tertiary/aromatic N) is 2. The summed E-state index contributed by atoms with van der Waals surface area (Å²) < 4.78 is 5.24. The number of oxazole rings is 1. The van der Waals surface area contributed by atoms with Crippen LogP contribution in [0, 0.1) is 0 Å². The van der Waals surface area contributed by atoms with E-state index in [1.807, 2.05) is 12.1 Å². The first-order chi connectivity index (χ1) is 5.86. The molecule has 0 radical (unpaired) electrons. The van der Waals surface area contributed by atoms with E-state index in [0.717, 1.165) is 11.3 Å². The van der Waals surface area contributed by atoms with Crippen molar-refractivity contribution in [3.8, 4) is 11.3 Å². The molecular formula is C8H5BrN2O. The number of aromatic nitrogens is 2. The highest BCUT2D eigenvalue weighted by atomic mass is 79.9. The lowest BCUT2D eigenvalue weighted by molar-refractivity contribution is 0.542. The van der Waals surface area contributed by atoms with Crippen LogP contribution in [0.2, 0.25) is 0 Å². The third-order valence-corrected chi connectivity index (χ3v) is 1.79. The second kappa shape index (κ2) is 3.06. The maximum absolute atomic E-state index is 5.24. The van der Waals surface area contributed by atoms with Crippen molar-refractivity contribution in [1.82, 2.24) is 9.97 Å². The zero-order chi connectivity index (χ0) is 8.39. The van der Waals surface area contributed by atoms with Gasteiger partial charge in [0.25, 0.3) is 4.80 Å². The normalized spacial score (nSPS) is 10.1. The minimum atomic E-state index is 0.487. The van der Waals surface area contributed by atoms with Gasteiger partial charge < -0.3 is 4.42 Å². The van der Waals surface area contributed by atoms with Gasteiger partial charge in [-0.05, 0) is 12.1 Å². The molecule has 4 heteroatoms. The molecule has 0 saturated carbocycles. The van der Waals surface area contributed by atoms with Gasteiger partial charge in [-0.3, -0.25) is 4.98 Å². The highest BCUT2D eigenvalue weighted by Crippen LogP contribution is 2.20. The SMILES string of the molecule is Brc1ncc(-c2cccnc2)o1. The third-order valence-electron chi connectivity index (χ3n) is 1.42. The maximum atomic E-state index is 5.24. The lowest BCUT2D eigenvalue weighted by Crippen LogP contribution is -1.73. The summed E-state index contributed by atoms with van der Waals surface area (Å²) in [5, 5.41) is 0. The van der Waals surface area contributed by atoms with Crippen LogP contribution in [-0.4, -0.2) is 9.97 Å². The van der Waals surface area contributed by atoms with Crippen LogP contribution in [0.5, 0.6) is 0 Å². The highest BCUT2D eigenvalue weighted by molar-refractivity contribution is 9.10. The Balaban J connectivity index is 2.45. The maximum Gasteiger partial charge on any atom is 0.264 e. The molecule has 0 aliphatic carbocycles. The number of rotatable bonds is 1. The minimum absolute atomic E-state index is 0.487. The van der Waals surface area contributed by atoms with Gasteiger partial charge in [-0.25, -0.2) is 4.98 Å². The van der Waals surface area contributed by atoms with E-state index in [2.05, 4.69) is 25.9 Å². The molecule has 2 rings (SSSR count). The molecular weight excluding hydrogens is 220 g/mol. The quantitative estimate of drug-likeness (QED) is 0.748. The van der Waals surface area contributed by atoms with Crippen LogP contribution in [0.25, 0.3) is 11.3 Å². The summed E-state index contributed by atoms with van der Waals surface area (Å²) in [6.45, 7) is 0. The molecule has 2 aromatic rings. The molecule has 0 atom stereocenters. The molecule has 0 spiro atoms. The first kappa shape index (κ1) is 7.49. The summed E-state index contributed by atoms with van der Waals surface area (Å²) in [6.07, 6.45) is 5.10. The topological polar surface area (TPSA) is 38.9 Å². The molecule has 0 fully saturated rings. The van der Waals surface area contributed by atoms with Gasteiger partial charge in [-0.1, -0.05) is 0 Å². The van der Waals surface area contributed by atoms with E-state index < -0.39 is 0 Å². The Morgan fingerprint density at radius 2 is 2.25 bits per heavy atom. The van der Waals surface area contributed by atoms with E-state index in [1.54, 1.807) is 18.6 Å². The molecule has 0 unspecified atom stereocenters. The fourth-order valence-electron chi connectivity index (χ4n) is 0.895. The van der Waals surface area contributed by atoms with Gasteiger partial charge in [0.2, 0.25) is 0 Å². The van der Waals surface area contributed by atoms with E-state index in [0.29, 0.717) is 4.80 Å². The van der Waals surface area contributed by atoms with Gasteiger partial charge in [0.05, 0.1) is 6.20 Å². The third kappa shape index (κ3) is 1.38. The lowest BCUT2D eigenvalue weighted by Gasteiger charge is -1.91. The molecule has 3 nitrogen and oxygen atoms in total. The fourth-order valence-corrected chi connectivity index (χ4v) is 1.17. The van der Waals surface area contributed by atoms with Crippen molar-refractivity contribution in [2.24, 2.45) is 0 Å². The van der Waals surface area contributed by atoms with Gasteiger partial charge in [0.15, 0.2) is 5.76 Å². The van der Waals surface area contributed by atoms with Crippen molar-refractivity contribution in [2.75, 3.05) is 0 Å². The molecule has 0 aliphatic heterocycles. The Morgan fingerprint density at radius 1 is 1.33 bits per heavy atom. The summed E-state index contributed by atoms with van der Waals surface area (Å²) in [7, 11) is 0. The molecule has 0 bridgehead atoms. The average Bonchev–Trinajstić information content (AvgIpc) is 2.54. The van der Waals surface area contributed by atoms with E-state index in [1.165, 1.54) is 0 Å². The predicted octanol–water partition coefficient (Wildman–Crippen LogP) is 2.50. The van der Waals surface area contributed by atoms with Crippen molar-refractivity contribution >= 4 is 15.9 Å². The highest BCUT2D eigenvalue weighted by Gasteiger charge is 2.02. The molecule has 60 valence electrons. The molecule has 0 N–H and O–H groups in total. The van der Waals surface area contributed by atoms with Crippen molar-refractivity contribution in [1.29, 1.82) is 0 Å². The first-order valence-electron chi connectivity index (χ1n) is 3.38. The number of halogens is 1. The van der Waals surface area contributed by atoms with Crippen LogP contribution < -0.4 is 0 Å². The van der Waals surface area contributed by atoms with Crippen LogP contribution in [0.15, 0.2) is 39.9 Å². The standard InChI is InChI=1S/C8H5BrN2O/c9-8-11-5-7(12-8)6-2-1-3-10-4-6/h1-5H. The van der Waals surface area contributed by atoms with Gasteiger partial charge >= 0.3 is 0 Å². The number of pyridine rings is 1. The number of hydrogen-bond donors (Lipinski definition) is 0. The van der Waals surface area contributed by atoms with Gasteiger partial charge in [0, 0.05) is 33.9 Å². The second-order valence-electron chi connectivity index (χ2n) is 2.22. The van der Waals surface area contributed by atoms with E-state index in [9.17, 15) is 0 Å². The van der Waals surface area contributed by atoms with E-state index >= 15 is 0 Å². The van der Waals surface area contributed by atoms with Crippen LogP contribution in [0.1, 0.15) is 0 Å². The zero-order valence-electron chi connectivity index (χ0n) is 6.07. The Hall–Kier alpha value is -1.16. The molecule has 0 aliphatic rings. The van der Waals surface area contributed by atoms with Crippen molar-refractivity contribution in [3.63, 3.8) is 0 Å². The molecule has 12 heavy (non-hydrogen) atoms. The summed E-state index contributed by atoms with van der Waals surface area (Å²) in [5.74, 6) is 0.718. The average molecular weight is 225 g/mol. The van der Waals surface area contributed by atoms with E-state index in [-0.39, 0.29) is 0 Å². The molecule has 0 aromatic carbocycles. The number of hydrogen-bond acceptors (Lipinski definition) is 3. The first-order valence-corrected chi connectivity index (χ1v) is 4.17. The van der Waals surface area contributed by atoms with E-state index in [4.69, 9.17) is 4.42 Å². The molecule has 2 aromatic heterocycles. The lowest BCUT2D eigenvalue weighted by atomic mass is 10.2. The predicted molar refractivity (Wildman–Crippen MR) is 47.4 cm³/mol. The smallest absolute Gasteiger partial charge is 0.264 e. The molecule has 0 saturated heterocycles. The van der Waals surface area contributed by atoms with Gasteiger partial charge in [-0.15, -0.1) is 0 Å². The van der Waals surface area contributed by atoms with Crippen LogP contribution in [0.4, 0.5) is 0 Å². The molecule has 2 heterocycles. The summed E-state index contributed by atoms with van der Waals surface area (Å²) >= 11 is 3.13. The Kier molecular flexibility index (Phi) is 1.91. The van der Waals surface area contributed by atoms with Gasteiger partial charge in [-0.2, -0.15) is 0 Å². The fraction of sp³-hybridized carbons (Fsp3) is 0. The van der Waals surface area contributed by atoms with Crippen LogP contribution in [0.3, 0.4) is 0 Å². The Bertz CT molecular complexity index is 372. The Labute approximate surface area is 77.6 Å². The van der Waals surface area contributed by atoms with Gasteiger partial charge in [0.1, 0.15) is 0 Å².